The lowest BCUT2D eigenvalue weighted by Crippen LogP contribution is -2.42. The van der Waals surface area contributed by atoms with Gasteiger partial charge in [-0.15, -0.1) is 0 Å². The molecule has 196 valence electrons. The first-order valence-corrected chi connectivity index (χ1v) is 12.5. The largest absolute Gasteiger partial charge is 0.508 e. The van der Waals surface area contributed by atoms with Gasteiger partial charge in [0.2, 0.25) is 0 Å². The van der Waals surface area contributed by atoms with Gasteiger partial charge < -0.3 is 19.9 Å². The summed E-state index contributed by atoms with van der Waals surface area (Å²) in [7, 11) is 0. The van der Waals surface area contributed by atoms with E-state index >= 15 is 0 Å². The topological polar surface area (TPSA) is 99.8 Å². The molecule has 3 N–H and O–H groups in total. The van der Waals surface area contributed by atoms with Gasteiger partial charge in [0.1, 0.15) is 23.2 Å². The smallest absolute Gasteiger partial charge is 0.326 e. The highest BCUT2D eigenvalue weighted by Gasteiger charge is 2.24. The Hall–Kier alpha value is -4.62. The zero-order chi connectivity index (χ0) is 27.5. The minimum atomic E-state index is -1.27. The van der Waals surface area contributed by atoms with Crippen LogP contribution in [0.2, 0.25) is 5.02 Å². The second-order valence-corrected chi connectivity index (χ2v) is 9.63. The highest BCUT2D eigenvalue weighted by Crippen LogP contribution is 2.28. The second kappa shape index (κ2) is 11.0. The molecule has 0 bridgehead atoms. The SMILES string of the molecule is O=C(N[C@@H](Cc1ccc(O)cc1Cc1cccc(F)c1)C(=O)O)c1cc2ccc(-c3ccc(Cl)cc3)cc2o1. The molecule has 0 saturated heterocycles. The molecular formula is C31H23ClFNO5. The molecule has 1 atom stereocenters. The lowest BCUT2D eigenvalue weighted by atomic mass is 9.95. The maximum atomic E-state index is 13.7. The fourth-order valence-electron chi connectivity index (χ4n) is 4.46. The lowest BCUT2D eigenvalue weighted by molar-refractivity contribution is -0.139. The van der Waals surface area contributed by atoms with Crippen molar-refractivity contribution < 1.29 is 28.6 Å². The van der Waals surface area contributed by atoms with Crippen LogP contribution in [0.4, 0.5) is 4.39 Å². The molecule has 0 unspecified atom stereocenters. The number of hydrogen-bond donors (Lipinski definition) is 3. The van der Waals surface area contributed by atoms with Crippen LogP contribution < -0.4 is 5.32 Å². The maximum absolute atomic E-state index is 13.7. The Bertz CT molecular complexity index is 1680. The van der Waals surface area contributed by atoms with Gasteiger partial charge in [0, 0.05) is 16.8 Å². The van der Waals surface area contributed by atoms with E-state index in [1.54, 1.807) is 42.5 Å². The number of halogens is 2. The van der Waals surface area contributed by atoms with Crippen molar-refractivity contribution in [2.45, 2.75) is 18.9 Å². The third-order valence-corrected chi connectivity index (χ3v) is 6.67. The third-order valence-electron chi connectivity index (χ3n) is 6.42. The predicted octanol–water partition coefficient (Wildman–Crippen LogP) is 6.61. The molecule has 8 heteroatoms. The number of aliphatic carboxylic acids is 1. The number of phenolic OH excluding ortho intramolecular Hbond substituents is 1. The van der Waals surface area contributed by atoms with E-state index < -0.39 is 23.7 Å². The average molecular weight is 544 g/mol. The van der Waals surface area contributed by atoms with Gasteiger partial charge in [-0.05, 0) is 82.8 Å². The molecule has 4 aromatic carbocycles. The van der Waals surface area contributed by atoms with Crippen molar-refractivity contribution in [3.63, 3.8) is 0 Å². The third kappa shape index (κ3) is 6.10. The molecule has 0 spiro atoms. The predicted molar refractivity (Wildman–Crippen MR) is 147 cm³/mol. The Morgan fingerprint density at radius 3 is 2.41 bits per heavy atom. The van der Waals surface area contributed by atoms with E-state index in [-0.39, 0.29) is 24.4 Å². The van der Waals surface area contributed by atoms with Crippen LogP contribution in [0.1, 0.15) is 27.2 Å². The molecule has 6 nitrogen and oxygen atoms in total. The van der Waals surface area contributed by atoms with Crippen LogP contribution in [-0.2, 0) is 17.6 Å². The molecule has 0 fully saturated rings. The summed E-state index contributed by atoms with van der Waals surface area (Å²) in [6.45, 7) is 0. The first kappa shape index (κ1) is 26.0. The van der Waals surface area contributed by atoms with E-state index in [1.807, 2.05) is 24.3 Å². The second-order valence-electron chi connectivity index (χ2n) is 9.20. The van der Waals surface area contributed by atoms with Crippen molar-refractivity contribution in [3.05, 3.63) is 124 Å². The molecule has 0 aliphatic carbocycles. The van der Waals surface area contributed by atoms with E-state index in [0.717, 1.165) is 11.1 Å². The van der Waals surface area contributed by atoms with E-state index in [2.05, 4.69) is 5.32 Å². The number of carboxylic acid groups (broad SMARTS) is 1. The molecule has 5 rings (SSSR count). The van der Waals surface area contributed by atoms with Crippen molar-refractivity contribution in [2.75, 3.05) is 0 Å². The van der Waals surface area contributed by atoms with Gasteiger partial charge in [-0.25, -0.2) is 9.18 Å². The summed E-state index contributed by atoms with van der Waals surface area (Å²) in [5, 5.41) is 23.7. The molecule has 1 amide bonds. The number of fused-ring (bicyclic) bond motifs is 1. The van der Waals surface area contributed by atoms with Gasteiger partial charge in [0.15, 0.2) is 5.76 Å². The van der Waals surface area contributed by atoms with Gasteiger partial charge in [-0.2, -0.15) is 0 Å². The van der Waals surface area contributed by atoms with Crippen molar-refractivity contribution in [3.8, 4) is 16.9 Å². The number of carbonyl (C=O) groups is 2. The minimum Gasteiger partial charge on any atom is -0.508 e. The number of carbonyl (C=O) groups excluding carboxylic acids is 1. The van der Waals surface area contributed by atoms with Crippen LogP contribution in [-0.4, -0.2) is 28.1 Å². The first-order valence-electron chi connectivity index (χ1n) is 12.1. The number of carboxylic acids is 1. The number of hydrogen-bond acceptors (Lipinski definition) is 4. The van der Waals surface area contributed by atoms with Crippen molar-refractivity contribution in [1.29, 1.82) is 0 Å². The maximum Gasteiger partial charge on any atom is 0.326 e. The van der Waals surface area contributed by atoms with Crippen molar-refractivity contribution in [2.24, 2.45) is 0 Å². The highest BCUT2D eigenvalue weighted by molar-refractivity contribution is 6.30. The Kier molecular flexibility index (Phi) is 7.34. The molecule has 1 heterocycles. The minimum absolute atomic E-state index is 0.00121. The lowest BCUT2D eigenvalue weighted by Gasteiger charge is -2.17. The Labute approximate surface area is 228 Å². The summed E-state index contributed by atoms with van der Waals surface area (Å²) in [6, 6.07) is 23.7. The number of benzene rings is 4. The Morgan fingerprint density at radius 1 is 0.897 bits per heavy atom. The summed E-state index contributed by atoms with van der Waals surface area (Å²) < 4.78 is 19.5. The van der Waals surface area contributed by atoms with Crippen LogP contribution in [0, 0.1) is 5.82 Å². The summed E-state index contributed by atoms with van der Waals surface area (Å²) in [5.74, 6) is -2.31. The summed E-state index contributed by atoms with van der Waals surface area (Å²) in [6.07, 6.45) is 0.230. The zero-order valence-electron chi connectivity index (χ0n) is 20.5. The molecular weight excluding hydrogens is 521 g/mol. The molecule has 0 aliphatic heterocycles. The summed E-state index contributed by atoms with van der Waals surface area (Å²) in [4.78, 5) is 25.1. The molecule has 5 aromatic rings. The Balaban J connectivity index is 1.36. The standard InChI is InChI=1S/C31H23ClFNO5/c32-24-9-6-19(7-10-24)21-4-5-22-17-29(39-28(22)16-21)30(36)34-27(31(37)38)15-20-8-11-26(35)14-23(20)12-18-2-1-3-25(33)13-18/h1-11,13-14,16-17,27,35H,12,15H2,(H,34,36)(H,37,38)/t27-/m0/s1. The number of phenols is 1. The van der Waals surface area contributed by atoms with Gasteiger partial charge >= 0.3 is 5.97 Å². The van der Waals surface area contributed by atoms with Gasteiger partial charge in [0.05, 0.1) is 0 Å². The van der Waals surface area contributed by atoms with Crippen LogP contribution in [0.25, 0.3) is 22.1 Å². The van der Waals surface area contributed by atoms with Gasteiger partial charge in [-0.1, -0.05) is 54.1 Å². The monoisotopic (exact) mass is 543 g/mol. The van der Waals surface area contributed by atoms with Crippen LogP contribution >= 0.6 is 11.6 Å². The van der Waals surface area contributed by atoms with E-state index in [9.17, 15) is 24.2 Å². The van der Waals surface area contributed by atoms with Gasteiger partial charge in [0.25, 0.3) is 5.91 Å². The number of amides is 1. The number of rotatable bonds is 8. The van der Waals surface area contributed by atoms with Crippen molar-refractivity contribution in [1.82, 2.24) is 5.32 Å². The number of nitrogens with one attached hydrogen (secondary N) is 1. The van der Waals surface area contributed by atoms with Crippen LogP contribution in [0.3, 0.4) is 0 Å². The van der Waals surface area contributed by atoms with E-state index in [0.29, 0.717) is 32.7 Å². The fourth-order valence-corrected chi connectivity index (χ4v) is 4.58. The van der Waals surface area contributed by atoms with Crippen LogP contribution in [0.5, 0.6) is 5.75 Å². The molecule has 0 aliphatic rings. The molecule has 1 aromatic heterocycles. The summed E-state index contributed by atoms with van der Waals surface area (Å²) in [5.41, 5.74) is 4.18. The molecule has 0 radical (unpaired) electrons. The van der Waals surface area contributed by atoms with Crippen molar-refractivity contribution >= 4 is 34.4 Å². The normalized spacial score (nSPS) is 11.8. The summed E-state index contributed by atoms with van der Waals surface area (Å²) >= 11 is 5.98. The molecule has 0 saturated carbocycles. The van der Waals surface area contributed by atoms with E-state index in [1.165, 1.54) is 24.3 Å². The van der Waals surface area contributed by atoms with E-state index in [4.69, 9.17) is 16.0 Å². The number of aromatic hydroxyl groups is 1. The van der Waals surface area contributed by atoms with Gasteiger partial charge in [-0.3, -0.25) is 4.79 Å². The highest BCUT2D eigenvalue weighted by atomic mass is 35.5. The fraction of sp³-hybridized carbons (Fsp3) is 0.0968. The average Bonchev–Trinajstić information content (AvgIpc) is 3.34. The number of furan rings is 1. The molecule has 39 heavy (non-hydrogen) atoms. The zero-order valence-corrected chi connectivity index (χ0v) is 21.3. The Morgan fingerprint density at radius 2 is 1.67 bits per heavy atom. The first-order chi connectivity index (χ1) is 18.7. The quantitative estimate of drug-likeness (QED) is 0.204. The van der Waals surface area contributed by atoms with Crippen LogP contribution in [0.15, 0.2) is 95.4 Å².